The fourth-order valence-electron chi connectivity index (χ4n) is 3.99. The van der Waals surface area contributed by atoms with Crippen LogP contribution in [0.4, 0.5) is 0 Å². The summed E-state index contributed by atoms with van der Waals surface area (Å²) in [6.45, 7) is 6.98. The molecule has 0 N–H and O–H groups in total. The number of benzene rings is 1. The van der Waals surface area contributed by atoms with Crippen molar-refractivity contribution in [2.24, 2.45) is 0 Å². The molecule has 1 aliphatic heterocycles. The van der Waals surface area contributed by atoms with Gasteiger partial charge in [0, 0.05) is 44.5 Å². The zero-order chi connectivity index (χ0) is 21.1. The number of hydrogen-bond acceptors (Lipinski definition) is 7. The molecule has 158 valence electrons. The van der Waals surface area contributed by atoms with Crippen molar-refractivity contribution in [2.75, 3.05) is 20.1 Å². The molecule has 0 unspecified atom stereocenters. The van der Waals surface area contributed by atoms with Crippen molar-refractivity contribution < 1.29 is 9.53 Å². The predicted molar refractivity (Wildman–Crippen MR) is 111 cm³/mol. The number of carbonyl (C=O) groups excluding carboxylic acids is 1. The van der Waals surface area contributed by atoms with Crippen molar-refractivity contribution in [3.63, 3.8) is 0 Å². The second-order valence-electron chi connectivity index (χ2n) is 7.97. The highest BCUT2D eigenvalue weighted by Gasteiger charge is 2.24. The Balaban J connectivity index is 1.41. The number of ether oxygens (including phenoxy) is 1. The van der Waals surface area contributed by atoms with Crippen molar-refractivity contribution in [3.8, 4) is 0 Å². The summed E-state index contributed by atoms with van der Waals surface area (Å²) in [5.74, 6) is 0.646. The third kappa shape index (κ3) is 4.63. The summed E-state index contributed by atoms with van der Waals surface area (Å²) in [5, 5.41) is 14.1. The quantitative estimate of drug-likeness (QED) is 0.609. The average molecular weight is 409 g/mol. The molecule has 1 aliphatic rings. The Morgan fingerprint density at radius 1 is 1.23 bits per heavy atom. The summed E-state index contributed by atoms with van der Waals surface area (Å²) >= 11 is 0. The first-order valence-corrected chi connectivity index (χ1v) is 10.2. The second kappa shape index (κ2) is 8.85. The van der Waals surface area contributed by atoms with Gasteiger partial charge in [0.25, 0.3) is 0 Å². The molecule has 0 aliphatic carbocycles. The van der Waals surface area contributed by atoms with Crippen LogP contribution in [0.1, 0.15) is 25.2 Å². The molecule has 2 aromatic heterocycles. The van der Waals surface area contributed by atoms with Gasteiger partial charge in [-0.05, 0) is 41.3 Å². The van der Waals surface area contributed by atoms with E-state index >= 15 is 0 Å². The highest BCUT2D eigenvalue weighted by Crippen LogP contribution is 2.19. The van der Waals surface area contributed by atoms with Gasteiger partial charge in [0.05, 0.1) is 18.8 Å². The van der Waals surface area contributed by atoms with Crippen molar-refractivity contribution in [3.05, 3.63) is 48.0 Å². The Kier molecular flexibility index (Phi) is 6.01. The molecule has 1 aromatic carbocycles. The van der Waals surface area contributed by atoms with Gasteiger partial charge < -0.3 is 9.64 Å². The normalized spacial score (nSPS) is 19.8. The van der Waals surface area contributed by atoms with Crippen molar-refractivity contribution in [2.45, 2.75) is 45.7 Å². The van der Waals surface area contributed by atoms with E-state index in [0.717, 1.165) is 29.4 Å². The van der Waals surface area contributed by atoms with E-state index in [9.17, 15) is 4.79 Å². The van der Waals surface area contributed by atoms with E-state index in [1.807, 2.05) is 30.5 Å². The molecule has 0 spiro atoms. The SMILES string of the molecule is C[C@@H]1CN(Cc2nnnn2CC(=O)N(C)Cc2cccc3cnccc23)C[C@H](C)O1. The minimum atomic E-state index is -0.0432. The Morgan fingerprint density at radius 2 is 2.03 bits per heavy atom. The molecule has 1 saturated heterocycles. The number of fused-ring (bicyclic) bond motifs is 1. The van der Waals surface area contributed by atoms with Gasteiger partial charge in [0.15, 0.2) is 5.82 Å². The van der Waals surface area contributed by atoms with Gasteiger partial charge in [-0.15, -0.1) is 5.10 Å². The van der Waals surface area contributed by atoms with Crippen LogP contribution in [0, 0.1) is 0 Å². The Morgan fingerprint density at radius 3 is 2.83 bits per heavy atom. The highest BCUT2D eigenvalue weighted by atomic mass is 16.5. The summed E-state index contributed by atoms with van der Waals surface area (Å²) in [5.41, 5.74) is 1.08. The fourth-order valence-corrected chi connectivity index (χ4v) is 3.99. The largest absolute Gasteiger partial charge is 0.373 e. The maximum absolute atomic E-state index is 12.9. The molecule has 2 atom stereocenters. The standard InChI is InChI=1S/C21H27N7O2/c1-15-10-27(11-16(2)30-15)13-20-23-24-25-28(20)14-21(29)26(3)12-18-6-4-5-17-9-22-8-7-19(17)18/h4-9,15-16H,10-14H2,1-3H3/t15-,16+. The first kappa shape index (κ1) is 20.4. The lowest BCUT2D eigenvalue weighted by Crippen LogP contribution is -2.45. The lowest BCUT2D eigenvalue weighted by Gasteiger charge is -2.34. The number of nitrogens with zero attached hydrogens (tertiary/aromatic N) is 7. The van der Waals surface area contributed by atoms with E-state index in [-0.39, 0.29) is 24.7 Å². The van der Waals surface area contributed by atoms with Crippen LogP contribution in [0.25, 0.3) is 10.8 Å². The maximum atomic E-state index is 12.9. The van der Waals surface area contributed by atoms with Crippen molar-refractivity contribution >= 4 is 16.7 Å². The van der Waals surface area contributed by atoms with Gasteiger partial charge in [-0.3, -0.25) is 14.7 Å². The third-order valence-electron chi connectivity index (χ3n) is 5.36. The van der Waals surface area contributed by atoms with Crippen LogP contribution in [-0.2, 0) is 29.2 Å². The molecule has 0 radical (unpaired) electrons. The van der Waals surface area contributed by atoms with Crippen LogP contribution >= 0.6 is 0 Å². The van der Waals surface area contributed by atoms with Gasteiger partial charge in [-0.25, -0.2) is 4.68 Å². The van der Waals surface area contributed by atoms with Crippen LogP contribution in [0.15, 0.2) is 36.7 Å². The van der Waals surface area contributed by atoms with E-state index in [4.69, 9.17) is 4.74 Å². The zero-order valence-electron chi connectivity index (χ0n) is 17.6. The molecule has 1 fully saturated rings. The molecule has 30 heavy (non-hydrogen) atoms. The lowest BCUT2D eigenvalue weighted by molar-refractivity contribution is -0.131. The van der Waals surface area contributed by atoms with E-state index < -0.39 is 0 Å². The Labute approximate surface area is 175 Å². The van der Waals surface area contributed by atoms with E-state index in [0.29, 0.717) is 18.9 Å². The number of amides is 1. The van der Waals surface area contributed by atoms with Crippen LogP contribution in [0.3, 0.4) is 0 Å². The number of hydrogen-bond donors (Lipinski definition) is 0. The molecule has 3 heterocycles. The zero-order valence-corrected chi connectivity index (χ0v) is 17.6. The van der Waals surface area contributed by atoms with Gasteiger partial charge in [-0.2, -0.15) is 0 Å². The first-order chi connectivity index (χ1) is 14.5. The molecule has 0 bridgehead atoms. The average Bonchev–Trinajstić information content (AvgIpc) is 3.14. The third-order valence-corrected chi connectivity index (χ3v) is 5.36. The summed E-state index contributed by atoms with van der Waals surface area (Å²) in [6, 6.07) is 8.03. The summed E-state index contributed by atoms with van der Waals surface area (Å²) in [6.07, 6.45) is 3.94. The molecule has 9 heteroatoms. The van der Waals surface area contributed by atoms with E-state index in [2.05, 4.69) is 39.3 Å². The number of tetrazole rings is 1. The van der Waals surface area contributed by atoms with Crippen LogP contribution in [0.2, 0.25) is 0 Å². The minimum Gasteiger partial charge on any atom is -0.373 e. The summed E-state index contributed by atoms with van der Waals surface area (Å²) < 4.78 is 7.38. The Bertz CT molecular complexity index is 1010. The van der Waals surface area contributed by atoms with Crippen LogP contribution in [0.5, 0.6) is 0 Å². The van der Waals surface area contributed by atoms with E-state index in [1.165, 1.54) is 0 Å². The smallest absolute Gasteiger partial charge is 0.244 e. The number of morpholine rings is 1. The maximum Gasteiger partial charge on any atom is 0.244 e. The number of carbonyl (C=O) groups is 1. The monoisotopic (exact) mass is 409 g/mol. The number of likely N-dealkylation sites (N-methyl/N-ethyl adjacent to an activating group) is 1. The molecular formula is C21H27N7O2. The number of aromatic nitrogens is 5. The molecule has 0 saturated carbocycles. The fraction of sp³-hybridized carbons (Fsp3) is 0.476. The van der Waals surface area contributed by atoms with Gasteiger partial charge in [-0.1, -0.05) is 18.2 Å². The predicted octanol–water partition coefficient (Wildman–Crippen LogP) is 1.49. The highest BCUT2D eigenvalue weighted by molar-refractivity contribution is 5.85. The van der Waals surface area contributed by atoms with E-state index in [1.54, 1.807) is 22.8 Å². The van der Waals surface area contributed by atoms with Crippen LogP contribution < -0.4 is 0 Å². The van der Waals surface area contributed by atoms with Crippen molar-refractivity contribution in [1.82, 2.24) is 35.0 Å². The molecule has 1 amide bonds. The molecular weight excluding hydrogens is 382 g/mol. The van der Waals surface area contributed by atoms with Gasteiger partial charge in [0.2, 0.25) is 5.91 Å². The second-order valence-corrected chi connectivity index (χ2v) is 7.97. The van der Waals surface area contributed by atoms with Gasteiger partial charge in [0.1, 0.15) is 6.54 Å². The molecule has 3 aromatic rings. The summed E-state index contributed by atoms with van der Waals surface area (Å²) in [7, 11) is 1.80. The number of pyridine rings is 1. The number of rotatable bonds is 6. The van der Waals surface area contributed by atoms with Crippen LogP contribution in [-0.4, -0.2) is 73.2 Å². The lowest BCUT2D eigenvalue weighted by atomic mass is 10.1. The topological polar surface area (TPSA) is 89.3 Å². The molecule has 9 nitrogen and oxygen atoms in total. The molecule has 4 rings (SSSR count). The van der Waals surface area contributed by atoms with Crippen molar-refractivity contribution in [1.29, 1.82) is 0 Å². The minimum absolute atomic E-state index is 0.0432. The van der Waals surface area contributed by atoms with Gasteiger partial charge >= 0.3 is 0 Å². The summed E-state index contributed by atoms with van der Waals surface area (Å²) in [4.78, 5) is 21.0. The first-order valence-electron chi connectivity index (χ1n) is 10.2. The Hall–Kier alpha value is -2.91.